The van der Waals surface area contributed by atoms with Crippen LogP contribution in [-0.2, 0) is 4.79 Å². The van der Waals surface area contributed by atoms with Crippen LogP contribution >= 0.6 is 0 Å². The number of unbranched alkanes of at least 4 members (excludes halogenated alkanes) is 3. The maximum Gasteiger partial charge on any atom is 0.314 e. The van der Waals surface area contributed by atoms with E-state index >= 15 is 0 Å². The molecule has 1 atom stereocenters. The molecular formula is C10H16O2. The first-order chi connectivity index (χ1) is 5.75. The Labute approximate surface area is 73.3 Å². The molecule has 0 fully saturated rings. The quantitative estimate of drug-likeness (QED) is 0.489. The lowest BCUT2D eigenvalue weighted by atomic mass is 10.1. The number of carbonyl (C=O) groups is 1. The van der Waals surface area contributed by atoms with Crippen LogP contribution in [-0.4, -0.2) is 11.1 Å². The second-order valence-electron chi connectivity index (χ2n) is 3.37. The van der Waals surface area contributed by atoms with Gasteiger partial charge >= 0.3 is 5.97 Å². The molecule has 0 aromatic carbocycles. The molecule has 0 aliphatic heterocycles. The van der Waals surface area contributed by atoms with Gasteiger partial charge in [0.25, 0.3) is 0 Å². The second-order valence-corrected chi connectivity index (χ2v) is 3.37. The van der Waals surface area contributed by atoms with Crippen LogP contribution in [0.25, 0.3) is 0 Å². The summed E-state index contributed by atoms with van der Waals surface area (Å²) < 4.78 is 0. The van der Waals surface area contributed by atoms with Crippen molar-refractivity contribution in [3.8, 4) is 0 Å². The molecule has 2 nitrogen and oxygen atoms in total. The lowest BCUT2D eigenvalue weighted by Crippen LogP contribution is -1.99. The smallest absolute Gasteiger partial charge is 0.314 e. The van der Waals surface area contributed by atoms with E-state index in [1.54, 1.807) is 0 Å². The molecule has 0 amide bonds. The van der Waals surface area contributed by atoms with Crippen LogP contribution in [0, 0.1) is 5.92 Å². The van der Waals surface area contributed by atoms with Gasteiger partial charge in [0.2, 0.25) is 0 Å². The molecule has 0 saturated carbocycles. The van der Waals surface area contributed by atoms with Crippen LogP contribution in [0.1, 0.15) is 39.0 Å². The summed E-state index contributed by atoms with van der Waals surface area (Å²) in [6, 6.07) is 0. The van der Waals surface area contributed by atoms with Gasteiger partial charge in [-0.3, -0.25) is 4.79 Å². The van der Waals surface area contributed by atoms with E-state index in [1.807, 2.05) is 6.08 Å². The number of rotatable bonds is 6. The Hall–Kier alpha value is -0.790. The number of hydrogen-bond donors (Lipinski definition) is 1. The Morgan fingerprint density at radius 1 is 1.50 bits per heavy atom. The fraction of sp³-hybridized carbons (Fsp3) is 0.700. The van der Waals surface area contributed by atoms with E-state index in [9.17, 15) is 4.79 Å². The Morgan fingerprint density at radius 2 is 2.25 bits per heavy atom. The van der Waals surface area contributed by atoms with Gasteiger partial charge in [-0.1, -0.05) is 37.8 Å². The highest BCUT2D eigenvalue weighted by Crippen LogP contribution is 2.33. The first-order valence-corrected chi connectivity index (χ1v) is 4.69. The third-order valence-corrected chi connectivity index (χ3v) is 2.26. The largest absolute Gasteiger partial charge is 0.481 e. The minimum atomic E-state index is -0.680. The second kappa shape index (κ2) is 4.29. The summed E-state index contributed by atoms with van der Waals surface area (Å²) in [6.07, 6.45) is 7.75. The predicted molar refractivity (Wildman–Crippen MR) is 48.0 cm³/mol. The van der Waals surface area contributed by atoms with Crippen molar-refractivity contribution in [1.82, 2.24) is 0 Å². The van der Waals surface area contributed by atoms with Gasteiger partial charge in [-0.2, -0.15) is 0 Å². The zero-order valence-corrected chi connectivity index (χ0v) is 7.55. The van der Waals surface area contributed by atoms with Crippen LogP contribution in [0.2, 0.25) is 0 Å². The number of hydrogen-bond acceptors (Lipinski definition) is 1. The van der Waals surface area contributed by atoms with Crippen molar-refractivity contribution in [2.75, 3.05) is 0 Å². The highest BCUT2D eigenvalue weighted by molar-refractivity contribution is 5.81. The lowest BCUT2D eigenvalue weighted by molar-refractivity contribution is -0.137. The van der Waals surface area contributed by atoms with Gasteiger partial charge in [0.15, 0.2) is 0 Å². The first kappa shape index (κ1) is 9.30. The average Bonchev–Trinajstić information content (AvgIpc) is 2.77. The van der Waals surface area contributed by atoms with Gasteiger partial charge in [0.05, 0.1) is 5.92 Å². The SMILES string of the molecule is CCCCCCC1=C[C@H]1C(=O)O. The highest BCUT2D eigenvalue weighted by Gasteiger charge is 2.30. The summed E-state index contributed by atoms with van der Waals surface area (Å²) in [5, 5.41) is 8.57. The van der Waals surface area contributed by atoms with Crippen LogP contribution in [0.5, 0.6) is 0 Å². The van der Waals surface area contributed by atoms with E-state index in [0.717, 1.165) is 18.4 Å². The van der Waals surface area contributed by atoms with Gasteiger partial charge < -0.3 is 5.11 Å². The summed E-state index contributed by atoms with van der Waals surface area (Å²) in [6.45, 7) is 2.18. The molecule has 1 aliphatic carbocycles. The van der Waals surface area contributed by atoms with E-state index in [2.05, 4.69) is 6.92 Å². The molecule has 0 unspecified atom stereocenters. The topological polar surface area (TPSA) is 37.3 Å². The third-order valence-electron chi connectivity index (χ3n) is 2.26. The monoisotopic (exact) mass is 168 g/mol. The minimum Gasteiger partial charge on any atom is -0.481 e. The van der Waals surface area contributed by atoms with Crippen molar-refractivity contribution >= 4 is 5.97 Å². The molecule has 2 heteroatoms. The fourth-order valence-corrected chi connectivity index (χ4v) is 1.39. The summed E-state index contributed by atoms with van der Waals surface area (Å²) in [4.78, 5) is 10.4. The van der Waals surface area contributed by atoms with Crippen molar-refractivity contribution in [3.63, 3.8) is 0 Å². The lowest BCUT2D eigenvalue weighted by Gasteiger charge is -1.96. The van der Waals surface area contributed by atoms with Gasteiger partial charge in [-0.05, 0) is 12.8 Å². The Kier molecular flexibility index (Phi) is 3.32. The van der Waals surface area contributed by atoms with Gasteiger partial charge in [-0.15, -0.1) is 0 Å². The zero-order valence-electron chi connectivity index (χ0n) is 7.55. The molecule has 0 aromatic rings. The minimum absolute atomic E-state index is 0.202. The Bertz CT molecular complexity index is 194. The normalized spacial score (nSPS) is 20.4. The number of aliphatic carboxylic acids is 1. The van der Waals surface area contributed by atoms with Gasteiger partial charge in [0.1, 0.15) is 0 Å². The van der Waals surface area contributed by atoms with Crippen LogP contribution < -0.4 is 0 Å². The van der Waals surface area contributed by atoms with E-state index in [1.165, 1.54) is 19.3 Å². The molecule has 1 N–H and O–H groups in total. The molecule has 0 saturated heterocycles. The molecular weight excluding hydrogens is 152 g/mol. The zero-order chi connectivity index (χ0) is 8.97. The molecule has 1 aliphatic rings. The highest BCUT2D eigenvalue weighted by atomic mass is 16.4. The molecule has 0 spiro atoms. The summed E-state index contributed by atoms with van der Waals surface area (Å²) in [5.74, 6) is -0.882. The molecule has 12 heavy (non-hydrogen) atoms. The van der Waals surface area contributed by atoms with E-state index in [-0.39, 0.29) is 5.92 Å². The third kappa shape index (κ3) is 2.68. The van der Waals surface area contributed by atoms with Crippen molar-refractivity contribution < 1.29 is 9.90 Å². The fourth-order valence-electron chi connectivity index (χ4n) is 1.39. The Balaban J connectivity index is 1.97. The summed E-state index contributed by atoms with van der Waals surface area (Å²) in [7, 11) is 0. The number of carboxylic acid groups (broad SMARTS) is 1. The maximum absolute atomic E-state index is 10.4. The molecule has 0 radical (unpaired) electrons. The van der Waals surface area contributed by atoms with Crippen molar-refractivity contribution in [1.29, 1.82) is 0 Å². The Morgan fingerprint density at radius 3 is 2.75 bits per heavy atom. The molecule has 0 aromatic heterocycles. The summed E-state index contributed by atoms with van der Waals surface area (Å²) in [5.41, 5.74) is 1.14. The van der Waals surface area contributed by atoms with Crippen LogP contribution in [0.3, 0.4) is 0 Å². The molecule has 68 valence electrons. The van der Waals surface area contributed by atoms with E-state index in [4.69, 9.17) is 5.11 Å². The van der Waals surface area contributed by atoms with Crippen LogP contribution in [0.4, 0.5) is 0 Å². The van der Waals surface area contributed by atoms with Crippen LogP contribution in [0.15, 0.2) is 11.6 Å². The average molecular weight is 168 g/mol. The van der Waals surface area contributed by atoms with Gasteiger partial charge in [-0.25, -0.2) is 0 Å². The van der Waals surface area contributed by atoms with Crippen molar-refractivity contribution in [3.05, 3.63) is 11.6 Å². The van der Waals surface area contributed by atoms with E-state index in [0.29, 0.717) is 0 Å². The molecule has 1 rings (SSSR count). The van der Waals surface area contributed by atoms with Crippen molar-refractivity contribution in [2.45, 2.75) is 39.0 Å². The summed E-state index contributed by atoms with van der Waals surface area (Å²) >= 11 is 0. The van der Waals surface area contributed by atoms with Crippen molar-refractivity contribution in [2.24, 2.45) is 5.92 Å². The van der Waals surface area contributed by atoms with Gasteiger partial charge in [0, 0.05) is 0 Å². The molecule has 0 heterocycles. The standard InChI is InChI=1S/C10H16O2/c1-2-3-4-5-6-8-7-9(8)10(11)12/h7,9H,2-6H2,1H3,(H,11,12)/t9-/m1/s1. The maximum atomic E-state index is 10.4. The van der Waals surface area contributed by atoms with E-state index < -0.39 is 5.97 Å². The first-order valence-electron chi connectivity index (χ1n) is 4.69. The molecule has 0 bridgehead atoms. The predicted octanol–water partition coefficient (Wildman–Crippen LogP) is 2.60. The number of carboxylic acids is 1.